The number of benzene rings is 2. The maximum atomic E-state index is 3.51. The van der Waals surface area contributed by atoms with E-state index in [9.17, 15) is 0 Å². The third-order valence-electron chi connectivity index (χ3n) is 3.42. The summed E-state index contributed by atoms with van der Waals surface area (Å²) in [5.41, 5.74) is 5.48. The molecule has 0 spiro atoms. The molecule has 100 valence electrons. The molecule has 2 aromatic carbocycles. The number of hydrogen-bond acceptors (Lipinski definition) is 1. The molecule has 1 heteroatoms. The molecule has 0 saturated heterocycles. The van der Waals surface area contributed by atoms with E-state index in [1.54, 1.807) is 0 Å². The van der Waals surface area contributed by atoms with E-state index in [-0.39, 0.29) is 0 Å². The molecule has 1 N–H and O–H groups in total. The Morgan fingerprint density at radius 2 is 1.00 bits per heavy atom. The van der Waals surface area contributed by atoms with Crippen molar-refractivity contribution < 1.29 is 0 Å². The van der Waals surface area contributed by atoms with Crippen molar-refractivity contribution >= 4 is 0 Å². The first-order valence-electron chi connectivity index (χ1n) is 7.06. The van der Waals surface area contributed by atoms with Crippen molar-refractivity contribution in [1.82, 2.24) is 5.32 Å². The summed E-state index contributed by atoms with van der Waals surface area (Å²) in [5, 5.41) is 3.51. The highest BCUT2D eigenvalue weighted by Gasteiger charge is 1.95. The molecular weight excluding hydrogens is 230 g/mol. The predicted molar refractivity (Wildman–Crippen MR) is 82.6 cm³/mol. The van der Waals surface area contributed by atoms with Gasteiger partial charge in [0.1, 0.15) is 0 Å². The van der Waals surface area contributed by atoms with Crippen LogP contribution < -0.4 is 5.32 Å². The molecule has 0 aliphatic carbocycles. The van der Waals surface area contributed by atoms with E-state index in [1.807, 2.05) is 0 Å². The number of hydrogen-bond donors (Lipinski definition) is 1. The van der Waals surface area contributed by atoms with Gasteiger partial charge in [-0.2, -0.15) is 0 Å². The second kappa shape index (κ2) is 7.10. The highest BCUT2D eigenvalue weighted by Crippen LogP contribution is 2.04. The fourth-order valence-corrected chi connectivity index (χ4v) is 2.10. The summed E-state index contributed by atoms with van der Waals surface area (Å²) in [5.74, 6) is 0. The molecule has 0 fully saturated rings. The van der Waals surface area contributed by atoms with Crippen LogP contribution in [0.4, 0.5) is 0 Å². The van der Waals surface area contributed by atoms with Crippen LogP contribution in [-0.4, -0.2) is 13.1 Å². The molecule has 0 aliphatic heterocycles. The monoisotopic (exact) mass is 253 g/mol. The first-order chi connectivity index (χ1) is 9.24. The van der Waals surface area contributed by atoms with Crippen LogP contribution in [0.2, 0.25) is 0 Å². The van der Waals surface area contributed by atoms with Crippen LogP contribution in [0.25, 0.3) is 0 Å². The molecule has 0 heterocycles. The van der Waals surface area contributed by atoms with Gasteiger partial charge in [-0.25, -0.2) is 0 Å². The average molecular weight is 253 g/mol. The Morgan fingerprint density at radius 3 is 1.37 bits per heavy atom. The summed E-state index contributed by atoms with van der Waals surface area (Å²) < 4.78 is 0. The second-order valence-corrected chi connectivity index (χ2v) is 5.22. The fraction of sp³-hybridized carbons (Fsp3) is 0.333. The molecule has 2 rings (SSSR count). The van der Waals surface area contributed by atoms with Crippen molar-refractivity contribution in [2.24, 2.45) is 0 Å². The van der Waals surface area contributed by atoms with Crippen molar-refractivity contribution in [3.05, 3.63) is 70.8 Å². The third-order valence-corrected chi connectivity index (χ3v) is 3.42. The van der Waals surface area contributed by atoms with Crippen molar-refractivity contribution in [1.29, 1.82) is 0 Å². The van der Waals surface area contributed by atoms with E-state index in [0.717, 1.165) is 25.9 Å². The Balaban J connectivity index is 1.64. The normalized spacial score (nSPS) is 10.6. The average Bonchev–Trinajstić information content (AvgIpc) is 2.43. The van der Waals surface area contributed by atoms with E-state index in [4.69, 9.17) is 0 Å². The smallest absolute Gasteiger partial charge is 0.000822 e. The molecule has 0 bridgehead atoms. The van der Waals surface area contributed by atoms with Gasteiger partial charge < -0.3 is 5.32 Å². The van der Waals surface area contributed by atoms with Gasteiger partial charge in [0.2, 0.25) is 0 Å². The molecule has 0 aliphatic rings. The Hall–Kier alpha value is -1.60. The molecule has 19 heavy (non-hydrogen) atoms. The minimum atomic E-state index is 1.05. The van der Waals surface area contributed by atoms with Gasteiger partial charge in [-0.1, -0.05) is 59.7 Å². The maximum Gasteiger partial charge on any atom is -0.000822 e. The summed E-state index contributed by atoms with van der Waals surface area (Å²) in [7, 11) is 0. The van der Waals surface area contributed by atoms with E-state index in [1.165, 1.54) is 22.3 Å². The topological polar surface area (TPSA) is 12.0 Å². The lowest BCUT2D eigenvalue weighted by molar-refractivity contribution is 0.681. The quantitative estimate of drug-likeness (QED) is 0.774. The Bertz CT molecular complexity index is 435. The first-order valence-corrected chi connectivity index (χ1v) is 7.06. The molecule has 0 unspecified atom stereocenters. The molecule has 2 aromatic rings. The molecule has 0 atom stereocenters. The molecule has 0 saturated carbocycles. The highest BCUT2D eigenvalue weighted by atomic mass is 14.8. The Morgan fingerprint density at radius 1 is 0.632 bits per heavy atom. The van der Waals surface area contributed by atoms with Crippen molar-refractivity contribution in [2.45, 2.75) is 26.7 Å². The van der Waals surface area contributed by atoms with E-state index < -0.39 is 0 Å². The number of rotatable bonds is 6. The summed E-state index contributed by atoms with van der Waals surface area (Å²) in [6.45, 7) is 6.36. The molecule has 1 nitrogen and oxygen atoms in total. The lowest BCUT2D eigenvalue weighted by atomic mass is 10.1. The van der Waals surface area contributed by atoms with E-state index in [2.05, 4.69) is 67.7 Å². The predicted octanol–water partition coefficient (Wildman–Crippen LogP) is 3.68. The zero-order valence-corrected chi connectivity index (χ0v) is 11.9. The zero-order chi connectivity index (χ0) is 13.5. The maximum absolute atomic E-state index is 3.51. The highest BCUT2D eigenvalue weighted by molar-refractivity contribution is 5.22. The van der Waals surface area contributed by atoms with Gasteiger partial charge in [0.15, 0.2) is 0 Å². The number of aryl methyl sites for hydroxylation is 2. The largest absolute Gasteiger partial charge is 0.316 e. The molecule has 0 radical (unpaired) electrons. The summed E-state index contributed by atoms with van der Waals surface area (Å²) in [4.78, 5) is 0. The van der Waals surface area contributed by atoms with Gasteiger partial charge in [-0.05, 0) is 50.9 Å². The first kappa shape index (κ1) is 13.8. The van der Waals surface area contributed by atoms with Crippen LogP contribution >= 0.6 is 0 Å². The molecular formula is C18H23N. The summed E-state index contributed by atoms with van der Waals surface area (Å²) in [6, 6.07) is 17.6. The van der Waals surface area contributed by atoms with Crippen molar-refractivity contribution in [3.63, 3.8) is 0 Å². The second-order valence-electron chi connectivity index (χ2n) is 5.22. The molecule has 0 amide bonds. The van der Waals surface area contributed by atoms with Gasteiger partial charge in [0.05, 0.1) is 0 Å². The fourth-order valence-electron chi connectivity index (χ4n) is 2.10. The minimum absolute atomic E-state index is 1.05. The van der Waals surface area contributed by atoms with Gasteiger partial charge in [0, 0.05) is 0 Å². The van der Waals surface area contributed by atoms with Gasteiger partial charge in [0.25, 0.3) is 0 Å². The summed E-state index contributed by atoms with van der Waals surface area (Å²) >= 11 is 0. The van der Waals surface area contributed by atoms with Crippen LogP contribution in [0.3, 0.4) is 0 Å². The van der Waals surface area contributed by atoms with Crippen LogP contribution in [-0.2, 0) is 12.8 Å². The lowest BCUT2D eigenvalue weighted by Gasteiger charge is -2.06. The Kier molecular flexibility index (Phi) is 5.17. The lowest BCUT2D eigenvalue weighted by Crippen LogP contribution is -2.20. The SMILES string of the molecule is Cc1ccc(CCNCCc2ccc(C)cc2)cc1. The zero-order valence-electron chi connectivity index (χ0n) is 11.9. The number of nitrogens with one attached hydrogen (secondary N) is 1. The van der Waals surface area contributed by atoms with Gasteiger partial charge >= 0.3 is 0 Å². The summed E-state index contributed by atoms with van der Waals surface area (Å²) in [6.07, 6.45) is 2.21. The van der Waals surface area contributed by atoms with E-state index in [0.29, 0.717) is 0 Å². The minimum Gasteiger partial charge on any atom is -0.316 e. The Labute approximate surface area is 116 Å². The van der Waals surface area contributed by atoms with Crippen LogP contribution in [0.5, 0.6) is 0 Å². The van der Waals surface area contributed by atoms with Gasteiger partial charge in [-0.15, -0.1) is 0 Å². The third kappa shape index (κ3) is 4.88. The van der Waals surface area contributed by atoms with Crippen molar-refractivity contribution in [3.8, 4) is 0 Å². The van der Waals surface area contributed by atoms with Crippen LogP contribution in [0.15, 0.2) is 48.5 Å². The van der Waals surface area contributed by atoms with Crippen molar-refractivity contribution in [2.75, 3.05) is 13.1 Å². The van der Waals surface area contributed by atoms with E-state index >= 15 is 0 Å². The standard InChI is InChI=1S/C18H23N/c1-15-3-7-17(8-4-15)11-13-19-14-12-18-9-5-16(2)6-10-18/h3-10,19H,11-14H2,1-2H3. The van der Waals surface area contributed by atoms with Gasteiger partial charge in [-0.3, -0.25) is 0 Å². The van der Waals surface area contributed by atoms with Crippen LogP contribution in [0.1, 0.15) is 22.3 Å². The van der Waals surface area contributed by atoms with Crippen LogP contribution in [0, 0.1) is 13.8 Å². The molecule has 0 aromatic heterocycles.